The van der Waals surface area contributed by atoms with Gasteiger partial charge in [0, 0.05) is 27.1 Å². The molecule has 1 aliphatic heterocycles. The lowest BCUT2D eigenvalue weighted by atomic mass is 9.84. The van der Waals surface area contributed by atoms with E-state index in [1.54, 1.807) is 24.0 Å². The van der Waals surface area contributed by atoms with Crippen LogP contribution in [0.3, 0.4) is 0 Å². The van der Waals surface area contributed by atoms with Gasteiger partial charge in [-0.15, -0.1) is 0 Å². The van der Waals surface area contributed by atoms with Gasteiger partial charge in [0.05, 0.1) is 6.61 Å². The summed E-state index contributed by atoms with van der Waals surface area (Å²) in [4.78, 5) is 27.5. The van der Waals surface area contributed by atoms with Crippen LogP contribution < -0.4 is 10.2 Å². The Balaban J connectivity index is 2.21. The van der Waals surface area contributed by atoms with Crippen LogP contribution in [0.15, 0.2) is 48.5 Å². The molecule has 1 amide bonds. The average molecular weight is 480 g/mol. The molecule has 6 nitrogen and oxygen atoms in total. The van der Waals surface area contributed by atoms with Crippen LogP contribution in [0.2, 0.25) is 0 Å². The maximum Gasteiger partial charge on any atom is 0.338 e. The van der Waals surface area contributed by atoms with E-state index in [4.69, 9.17) is 4.74 Å². The normalized spacial score (nSPS) is 19.6. The molecule has 0 aliphatic carbocycles. The number of fused-ring (bicyclic) bond motifs is 1. The molecule has 7 heteroatoms. The number of nitrogens with one attached hydrogen (secondary N) is 1. The first-order valence-electron chi connectivity index (χ1n) is 8.76. The van der Waals surface area contributed by atoms with Gasteiger partial charge in [-0.2, -0.15) is 0 Å². The van der Waals surface area contributed by atoms with Crippen LogP contribution in [0.4, 0.5) is 11.4 Å². The van der Waals surface area contributed by atoms with E-state index in [0.717, 1.165) is 3.57 Å². The summed E-state index contributed by atoms with van der Waals surface area (Å²) in [6.45, 7) is 4.05. The van der Waals surface area contributed by atoms with E-state index in [9.17, 15) is 14.7 Å². The Bertz CT molecular complexity index is 873. The Morgan fingerprint density at radius 1 is 1.22 bits per heavy atom. The number of likely N-dealkylation sites (N-methyl/N-ethyl adjacent to an activating group) is 1. The van der Waals surface area contributed by atoms with Crippen molar-refractivity contribution in [3.8, 4) is 0 Å². The molecule has 2 N–H and O–H groups in total. The van der Waals surface area contributed by atoms with Gasteiger partial charge < -0.3 is 20.1 Å². The van der Waals surface area contributed by atoms with Crippen LogP contribution in [0.1, 0.15) is 19.4 Å². The largest absolute Gasteiger partial charge is 0.464 e. The van der Waals surface area contributed by atoms with Crippen molar-refractivity contribution in [1.29, 1.82) is 0 Å². The maximum absolute atomic E-state index is 13.5. The molecule has 1 heterocycles. The van der Waals surface area contributed by atoms with Crippen molar-refractivity contribution in [1.82, 2.24) is 0 Å². The Morgan fingerprint density at radius 2 is 1.89 bits per heavy atom. The number of para-hydroxylation sites is 2. The van der Waals surface area contributed by atoms with Crippen molar-refractivity contribution in [3.63, 3.8) is 0 Å². The second-order valence-electron chi connectivity index (χ2n) is 6.13. The summed E-state index contributed by atoms with van der Waals surface area (Å²) >= 11 is 2.15. The van der Waals surface area contributed by atoms with Crippen molar-refractivity contribution in [2.45, 2.75) is 25.5 Å². The average Bonchev–Trinajstić information content (AvgIpc) is 2.91. The predicted octanol–water partition coefficient (Wildman–Crippen LogP) is 2.89. The number of nitrogens with zero attached hydrogens (tertiary/aromatic N) is 1. The number of halogens is 1. The third kappa shape index (κ3) is 3.19. The van der Waals surface area contributed by atoms with Crippen molar-refractivity contribution in [3.05, 3.63) is 57.7 Å². The van der Waals surface area contributed by atoms with Crippen LogP contribution in [0, 0.1) is 3.57 Å². The summed E-state index contributed by atoms with van der Waals surface area (Å²) in [5, 5.41) is 14.2. The number of carbonyl (C=O) groups excluding carboxylic acids is 2. The standard InChI is InChI=1S/C20H21IN2O4/c1-3-23-16-12-8-5-9-13(16)20(19(23)26,17(24)18(25)27-4-2)22-15-11-7-6-10-14(15)21/h5-12,17,22,24H,3-4H2,1-2H3. The molecule has 0 saturated heterocycles. The molecule has 2 atom stereocenters. The lowest BCUT2D eigenvalue weighted by molar-refractivity contribution is -0.159. The van der Waals surface area contributed by atoms with E-state index >= 15 is 0 Å². The fourth-order valence-corrected chi connectivity index (χ4v) is 3.94. The Hall–Kier alpha value is -2.13. The molecule has 0 bridgehead atoms. The fraction of sp³-hybridized carbons (Fsp3) is 0.300. The zero-order chi connectivity index (χ0) is 19.6. The van der Waals surface area contributed by atoms with Crippen LogP contribution in [0.25, 0.3) is 0 Å². The summed E-state index contributed by atoms with van der Waals surface area (Å²) < 4.78 is 5.91. The van der Waals surface area contributed by atoms with Crippen LogP contribution in [-0.2, 0) is 19.9 Å². The first-order chi connectivity index (χ1) is 13.0. The quantitative estimate of drug-likeness (QED) is 0.491. The Morgan fingerprint density at radius 3 is 2.56 bits per heavy atom. The van der Waals surface area contributed by atoms with E-state index in [2.05, 4.69) is 27.9 Å². The highest BCUT2D eigenvalue weighted by Gasteiger charge is 2.58. The highest BCUT2D eigenvalue weighted by molar-refractivity contribution is 14.1. The molecule has 2 aromatic rings. The number of aliphatic hydroxyl groups excluding tert-OH is 1. The molecule has 0 radical (unpaired) electrons. The van der Waals surface area contributed by atoms with Crippen LogP contribution in [0.5, 0.6) is 0 Å². The smallest absolute Gasteiger partial charge is 0.338 e. The monoisotopic (exact) mass is 480 g/mol. The minimum absolute atomic E-state index is 0.113. The van der Waals surface area contributed by atoms with Crippen molar-refractivity contribution in [2.24, 2.45) is 0 Å². The molecule has 2 unspecified atom stereocenters. The van der Waals surface area contributed by atoms with Gasteiger partial charge >= 0.3 is 5.97 Å². The van der Waals surface area contributed by atoms with E-state index in [-0.39, 0.29) is 12.5 Å². The summed E-state index contributed by atoms with van der Waals surface area (Å²) in [6.07, 6.45) is -1.70. The Labute approximate surface area is 171 Å². The molecular weight excluding hydrogens is 459 g/mol. The van der Waals surface area contributed by atoms with E-state index in [0.29, 0.717) is 23.5 Å². The molecule has 2 aromatic carbocycles. The number of aliphatic hydroxyl groups is 1. The number of benzene rings is 2. The number of rotatable bonds is 6. The SMILES string of the molecule is CCOC(=O)C(O)C1(Nc2ccccc2I)C(=O)N(CC)c2ccccc21. The van der Waals surface area contributed by atoms with Gasteiger partial charge in [-0.25, -0.2) is 4.79 Å². The number of hydrogen-bond acceptors (Lipinski definition) is 5. The van der Waals surface area contributed by atoms with Gasteiger partial charge in [0.15, 0.2) is 11.6 Å². The number of carbonyl (C=O) groups is 2. The van der Waals surface area contributed by atoms with E-state index in [1.165, 1.54) is 0 Å². The second-order valence-corrected chi connectivity index (χ2v) is 7.30. The van der Waals surface area contributed by atoms with Gasteiger partial charge in [-0.1, -0.05) is 30.3 Å². The van der Waals surface area contributed by atoms with Gasteiger partial charge in [-0.3, -0.25) is 4.79 Å². The first kappa shape index (κ1) is 19.6. The third-order valence-corrected chi connectivity index (χ3v) is 5.58. The first-order valence-corrected chi connectivity index (χ1v) is 9.84. The highest BCUT2D eigenvalue weighted by atomic mass is 127. The molecule has 142 valence electrons. The number of esters is 1. The van der Waals surface area contributed by atoms with Gasteiger partial charge in [0.1, 0.15) is 0 Å². The summed E-state index contributed by atoms with van der Waals surface area (Å²) in [5.41, 5.74) is 0.228. The van der Waals surface area contributed by atoms with Crippen molar-refractivity contribution >= 4 is 45.8 Å². The van der Waals surface area contributed by atoms with E-state index in [1.807, 2.05) is 43.3 Å². The maximum atomic E-state index is 13.5. The molecule has 1 aliphatic rings. The lowest BCUT2D eigenvalue weighted by Gasteiger charge is -2.34. The number of ether oxygens (including phenoxy) is 1. The summed E-state index contributed by atoms with van der Waals surface area (Å²) in [6, 6.07) is 14.6. The fourth-order valence-electron chi connectivity index (χ4n) is 3.42. The minimum Gasteiger partial charge on any atom is -0.464 e. The second kappa shape index (κ2) is 7.85. The van der Waals surface area contributed by atoms with Crippen LogP contribution >= 0.6 is 22.6 Å². The van der Waals surface area contributed by atoms with Crippen molar-refractivity contribution < 1.29 is 19.4 Å². The molecular formula is C20H21IN2O4. The van der Waals surface area contributed by atoms with Gasteiger partial charge in [0.25, 0.3) is 5.91 Å². The Kier molecular flexibility index (Phi) is 5.71. The van der Waals surface area contributed by atoms with Crippen molar-refractivity contribution in [2.75, 3.05) is 23.4 Å². The number of amides is 1. The highest BCUT2D eigenvalue weighted by Crippen LogP contribution is 2.45. The molecule has 0 aromatic heterocycles. The molecule has 27 heavy (non-hydrogen) atoms. The topological polar surface area (TPSA) is 78.9 Å². The zero-order valence-electron chi connectivity index (χ0n) is 15.1. The number of hydrogen-bond donors (Lipinski definition) is 2. The predicted molar refractivity (Wildman–Crippen MR) is 112 cm³/mol. The molecule has 0 saturated carbocycles. The van der Waals surface area contributed by atoms with Gasteiger partial charge in [-0.05, 0) is 54.6 Å². The summed E-state index contributed by atoms with van der Waals surface area (Å²) in [5.74, 6) is -1.22. The molecule has 3 rings (SSSR count). The molecule has 0 spiro atoms. The van der Waals surface area contributed by atoms with E-state index < -0.39 is 17.6 Å². The molecule has 0 fully saturated rings. The lowest BCUT2D eigenvalue weighted by Crippen LogP contribution is -2.57. The number of anilines is 2. The van der Waals surface area contributed by atoms with Gasteiger partial charge in [0.2, 0.25) is 0 Å². The summed E-state index contributed by atoms with van der Waals surface area (Å²) in [7, 11) is 0. The van der Waals surface area contributed by atoms with Crippen LogP contribution in [-0.4, -0.2) is 36.2 Å². The zero-order valence-corrected chi connectivity index (χ0v) is 17.3. The third-order valence-electron chi connectivity index (χ3n) is 4.64. The minimum atomic E-state index is -1.70.